The lowest BCUT2D eigenvalue weighted by atomic mass is 10.2. The zero-order chi connectivity index (χ0) is 15.4. The molecule has 110 valence electrons. The fourth-order valence-corrected chi connectivity index (χ4v) is 2.07. The highest BCUT2D eigenvalue weighted by Gasteiger charge is 2.06. The third kappa shape index (κ3) is 4.10. The number of aliphatic carboxylic acids is 1. The van der Waals surface area contributed by atoms with Gasteiger partial charge >= 0.3 is 5.97 Å². The van der Waals surface area contributed by atoms with Gasteiger partial charge in [0.25, 0.3) is 0 Å². The van der Waals surface area contributed by atoms with Gasteiger partial charge in [0.2, 0.25) is 0 Å². The minimum Gasteiger partial charge on any atom is -0.487 e. The monoisotopic (exact) mass is 306 g/mol. The molecule has 21 heavy (non-hydrogen) atoms. The maximum absolute atomic E-state index is 10.6. The van der Waals surface area contributed by atoms with E-state index in [2.05, 4.69) is 5.10 Å². The Hall–Kier alpha value is -2.27. The predicted molar refractivity (Wildman–Crippen MR) is 80.4 cm³/mol. The van der Waals surface area contributed by atoms with E-state index >= 15 is 0 Å². The summed E-state index contributed by atoms with van der Waals surface area (Å²) in [6, 6.07) is 7.00. The van der Waals surface area contributed by atoms with Crippen LogP contribution in [-0.2, 0) is 18.4 Å². The van der Waals surface area contributed by atoms with Gasteiger partial charge < -0.3 is 9.84 Å². The van der Waals surface area contributed by atoms with Crippen LogP contribution >= 0.6 is 11.6 Å². The van der Waals surface area contributed by atoms with Crippen molar-refractivity contribution < 1.29 is 14.6 Å². The average Bonchev–Trinajstić information content (AvgIpc) is 2.73. The minimum atomic E-state index is -1.02. The van der Waals surface area contributed by atoms with Crippen molar-refractivity contribution in [1.29, 1.82) is 0 Å². The summed E-state index contributed by atoms with van der Waals surface area (Å²) in [6.07, 6.45) is 2.50. The summed E-state index contributed by atoms with van der Waals surface area (Å²) in [5.41, 5.74) is 2.46. The van der Waals surface area contributed by atoms with Gasteiger partial charge in [-0.25, -0.2) is 4.79 Å². The molecule has 0 aliphatic heterocycles. The number of carbonyl (C=O) groups is 1. The van der Waals surface area contributed by atoms with Crippen molar-refractivity contribution in [3.63, 3.8) is 0 Å². The molecule has 0 unspecified atom stereocenters. The van der Waals surface area contributed by atoms with Crippen molar-refractivity contribution in [3.8, 4) is 5.75 Å². The van der Waals surface area contributed by atoms with E-state index in [1.807, 2.05) is 20.0 Å². The van der Waals surface area contributed by atoms with Gasteiger partial charge in [0, 0.05) is 23.7 Å². The first kappa shape index (κ1) is 15.1. The number of nitrogens with zero attached hydrogens (tertiary/aromatic N) is 2. The Labute approximate surface area is 127 Å². The van der Waals surface area contributed by atoms with Gasteiger partial charge in [-0.15, -0.1) is 0 Å². The molecule has 1 heterocycles. The molecular weight excluding hydrogens is 292 g/mol. The number of rotatable bonds is 5. The predicted octanol–water partition coefficient (Wildman–Crippen LogP) is 3.06. The minimum absolute atomic E-state index is 0.340. The Kier molecular flexibility index (Phi) is 4.65. The Morgan fingerprint density at radius 2 is 2.24 bits per heavy atom. The van der Waals surface area contributed by atoms with Crippen LogP contribution in [0, 0.1) is 6.92 Å². The summed E-state index contributed by atoms with van der Waals surface area (Å²) < 4.78 is 7.49. The van der Waals surface area contributed by atoms with Crippen molar-refractivity contribution in [1.82, 2.24) is 9.78 Å². The first-order valence-corrected chi connectivity index (χ1v) is 6.66. The molecule has 0 saturated heterocycles. The lowest BCUT2D eigenvalue weighted by Gasteiger charge is -2.09. The summed E-state index contributed by atoms with van der Waals surface area (Å²) in [5, 5.41) is 13.5. The van der Waals surface area contributed by atoms with Crippen molar-refractivity contribution in [2.75, 3.05) is 0 Å². The van der Waals surface area contributed by atoms with Crippen LogP contribution in [0.15, 0.2) is 30.3 Å². The SMILES string of the molecule is Cc1cc(COc2ccc(Cl)cc2C=CC(=O)O)n(C)n1. The van der Waals surface area contributed by atoms with E-state index in [9.17, 15) is 4.79 Å². The van der Waals surface area contributed by atoms with Crippen LogP contribution in [-0.4, -0.2) is 20.9 Å². The maximum atomic E-state index is 10.6. The molecule has 0 spiro atoms. The van der Waals surface area contributed by atoms with Crippen molar-refractivity contribution >= 4 is 23.6 Å². The van der Waals surface area contributed by atoms with E-state index in [0.717, 1.165) is 17.5 Å². The number of carboxylic acid groups (broad SMARTS) is 1. The van der Waals surface area contributed by atoms with Gasteiger partial charge in [-0.1, -0.05) is 11.6 Å². The fourth-order valence-electron chi connectivity index (χ4n) is 1.89. The van der Waals surface area contributed by atoms with Crippen LogP contribution in [0.1, 0.15) is 17.0 Å². The van der Waals surface area contributed by atoms with Gasteiger partial charge in [0.1, 0.15) is 12.4 Å². The van der Waals surface area contributed by atoms with Crippen LogP contribution in [0.2, 0.25) is 5.02 Å². The largest absolute Gasteiger partial charge is 0.487 e. The first-order chi connectivity index (χ1) is 9.95. The number of aromatic nitrogens is 2. The summed E-state index contributed by atoms with van der Waals surface area (Å²) in [6.45, 7) is 2.25. The number of hydrogen-bond acceptors (Lipinski definition) is 3. The van der Waals surface area contributed by atoms with Gasteiger partial charge in [-0.2, -0.15) is 5.10 Å². The van der Waals surface area contributed by atoms with Crippen molar-refractivity contribution in [3.05, 3.63) is 52.3 Å². The molecule has 0 aliphatic carbocycles. The highest BCUT2D eigenvalue weighted by Crippen LogP contribution is 2.25. The topological polar surface area (TPSA) is 64.3 Å². The number of aryl methyl sites for hydroxylation is 2. The summed E-state index contributed by atoms with van der Waals surface area (Å²) >= 11 is 5.93. The van der Waals surface area contributed by atoms with Gasteiger partial charge in [-0.3, -0.25) is 4.68 Å². The summed E-state index contributed by atoms with van der Waals surface area (Å²) in [4.78, 5) is 10.6. The molecule has 1 aromatic carbocycles. The number of halogens is 1. The Morgan fingerprint density at radius 3 is 2.86 bits per heavy atom. The highest BCUT2D eigenvalue weighted by atomic mass is 35.5. The molecule has 1 aromatic heterocycles. The van der Waals surface area contributed by atoms with Crippen LogP contribution in [0.4, 0.5) is 0 Å². The highest BCUT2D eigenvalue weighted by molar-refractivity contribution is 6.30. The third-order valence-corrected chi connectivity index (χ3v) is 3.09. The Morgan fingerprint density at radius 1 is 1.48 bits per heavy atom. The standard InChI is InChI=1S/C15H15ClN2O3/c1-10-7-13(18(2)17-10)9-21-14-5-4-12(16)8-11(14)3-6-15(19)20/h3-8H,9H2,1-2H3,(H,19,20). The molecule has 1 N–H and O–H groups in total. The lowest BCUT2D eigenvalue weighted by Crippen LogP contribution is -2.03. The normalized spacial score (nSPS) is 11.0. The second-order valence-corrected chi connectivity index (χ2v) is 4.98. The average molecular weight is 307 g/mol. The molecule has 0 bridgehead atoms. The molecule has 2 rings (SSSR count). The van der Waals surface area contributed by atoms with E-state index in [1.165, 1.54) is 6.08 Å². The molecule has 0 atom stereocenters. The van der Waals surface area contributed by atoms with Crippen LogP contribution in [0.25, 0.3) is 6.08 Å². The molecule has 0 saturated carbocycles. The zero-order valence-electron chi connectivity index (χ0n) is 11.7. The summed E-state index contributed by atoms with van der Waals surface area (Å²) in [5.74, 6) is -0.459. The number of benzene rings is 1. The van der Waals surface area contributed by atoms with E-state index < -0.39 is 5.97 Å². The van der Waals surface area contributed by atoms with E-state index in [-0.39, 0.29) is 0 Å². The molecular formula is C15H15ClN2O3. The third-order valence-electron chi connectivity index (χ3n) is 2.85. The molecule has 5 nitrogen and oxygen atoms in total. The molecule has 6 heteroatoms. The molecule has 2 aromatic rings. The Bertz CT molecular complexity index is 692. The molecule has 0 radical (unpaired) electrons. The second-order valence-electron chi connectivity index (χ2n) is 4.54. The quantitative estimate of drug-likeness (QED) is 0.862. The van der Waals surface area contributed by atoms with Gasteiger partial charge in [0.15, 0.2) is 0 Å². The van der Waals surface area contributed by atoms with Crippen LogP contribution in [0.5, 0.6) is 5.75 Å². The number of hydrogen-bond donors (Lipinski definition) is 1. The molecule has 0 aliphatic rings. The van der Waals surface area contributed by atoms with E-state index in [4.69, 9.17) is 21.4 Å². The van der Waals surface area contributed by atoms with E-state index in [1.54, 1.807) is 22.9 Å². The Balaban J connectivity index is 2.19. The van der Waals surface area contributed by atoms with Crippen molar-refractivity contribution in [2.24, 2.45) is 7.05 Å². The molecule has 0 amide bonds. The smallest absolute Gasteiger partial charge is 0.328 e. The van der Waals surface area contributed by atoms with Gasteiger partial charge in [-0.05, 0) is 37.3 Å². The van der Waals surface area contributed by atoms with Crippen molar-refractivity contribution in [2.45, 2.75) is 13.5 Å². The van der Waals surface area contributed by atoms with E-state index in [0.29, 0.717) is 22.9 Å². The van der Waals surface area contributed by atoms with Crippen LogP contribution in [0.3, 0.4) is 0 Å². The molecule has 0 fully saturated rings. The fraction of sp³-hybridized carbons (Fsp3) is 0.200. The maximum Gasteiger partial charge on any atom is 0.328 e. The summed E-state index contributed by atoms with van der Waals surface area (Å²) in [7, 11) is 1.85. The zero-order valence-corrected chi connectivity index (χ0v) is 12.5. The lowest BCUT2D eigenvalue weighted by molar-refractivity contribution is -0.131. The van der Waals surface area contributed by atoms with Gasteiger partial charge in [0.05, 0.1) is 11.4 Å². The number of carboxylic acids is 1. The van der Waals surface area contributed by atoms with Crippen LogP contribution < -0.4 is 4.74 Å². The first-order valence-electron chi connectivity index (χ1n) is 6.28. The number of ether oxygens (including phenoxy) is 1. The second kappa shape index (κ2) is 6.45.